The minimum absolute atomic E-state index is 0.223. The molecule has 2 N–H and O–H groups in total. The van der Waals surface area contributed by atoms with E-state index >= 15 is 0 Å². The van der Waals surface area contributed by atoms with E-state index in [-0.39, 0.29) is 24.4 Å². The standard InChI is InChI=1S/C28H23FN8O2/c1-17-6-7-22(33-26(38)20-5-3-4-18(8-20)11-29)10-24(17)37-16-21-14-32-27(35-25(21)36(2)28(37)39)34-23-9-19(12-30)13-31-15-23/h3-10,13-15H,11,16H2,1-2H3,(H,33,38)(H,32,34,35). The molecule has 1 aliphatic heterocycles. The van der Waals surface area contributed by atoms with Crippen LogP contribution in [0.15, 0.2) is 67.1 Å². The lowest BCUT2D eigenvalue weighted by Gasteiger charge is -2.35. The number of benzene rings is 2. The number of amides is 3. The Morgan fingerprint density at radius 1 is 1.13 bits per heavy atom. The van der Waals surface area contributed by atoms with Crippen LogP contribution in [-0.2, 0) is 13.2 Å². The molecule has 0 radical (unpaired) electrons. The second-order valence-corrected chi connectivity index (χ2v) is 8.96. The van der Waals surface area contributed by atoms with Crippen molar-refractivity contribution in [2.75, 3.05) is 27.5 Å². The number of hydrogen-bond donors (Lipinski definition) is 2. The number of carbonyl (C=O) groups excluding carboxylic acids is 2. The van der Waals surface area contributed by atoms with Gasteiger partial charge in [-0.3, -0.25) is 19.6 Å². The largest absolute Gasteiger partial charge is 0.330 e. The van der Waals surface area contributed by atoms with Gasteiger partial charge in [0.1, 0.15) is 18.6 Å². The van der Waals surface area contributed by atoms with Gasteiger partial charge in [-0.05, 0) is 48.4 Å². The third-order valence-corrected chi connectivity index (χ3v) is 6.23. The lowest BCUT2D eigenvalue weighted by atomic mass is 10.1. The zero-order valence-corrected chi connectivity index (χ0v) is 21.1. The summed E-state index contributed by atoms with van der Waals surface area (Å²) in [5.74, 6) is 0.334. The highest BCUT2D eigenvalue weighted by atomic mass is 19.1. The maximum atomic E-state index is 13.4. The smallest absolute Gasteiger partial charge is 0.323 e. The maximum absolute atomic E-state index is 13.4. The molecule has 0 bridgehead atoms. The average molecular weight is 523 g/mol. The van der Waals surface area contributed by atoms with Gasteiger partial charge in [0.2, 0.25) is 5.95 Å². The molecule has 39 heavy (non-hydrogen) atoms. The number of pyridine rings is 1. The summed E-state index contributed by atoms with van der Waals surface area (Å²) >= 11 is 0. The predicted molar refractivity (Wildman–Crippen MR) is 145 cm³/mol. The van der Waals surface area contributed by atoms with Crippen molar-refractivity contribution in [1.29, 1.82) is 5.26 Å². The summed E-state index contributed by atoms with van der Waals surface area (Å²) in [4.78, 5) is 42.1. The first-order chi connectivity index (χ1) is 18.9. The van der Waals surface area contributed by atoms with Crippen molar-refractivity contribution in [3.05, 3.63) is 94.9 Å². The van der Waals surface area contributed by atoms with Crippen molar-refractivity contribution < 1.29 is 14.0 Å². The molecule has 3 heterocycles. The van der Waals surface area contributed by atoms with Gasteiger partial charge in [-0.15, -0.1) is 0 Å². The summed E-state index contributed by atoms with van der Waals surface area (Å²) in [6, 6.07) is 15.0. The number of aromatic nitrogens is 3. The third-order valence-electron chi connectivity index (χ3n) is 6.23. The molecule has 0 atom stereocenters. The van der Waals surface area contributed by atoms with E-state index in [4.69, 9.17) is 5.26 Å². The Morgan fingerprint density at radius 3 is 2.77 bits per heavy atom. The predicted octanol–water partition coefficient (Wildman–Crippen LogP) is 5.09. The van der Waals surface area contributed by atoms with Gasteiger partial charge in [0, 0.05) is 36.3 Å². The molecule has 0 spiro atoms. The minimum atomic E-state index is -0.658. The molecule has 4 aromatic rings. The molecule has 5 rings (SSSR count). The van der Waals surface area contributed by atoms with E-state index in [0.29, 0.717) is 39.6 Å². The third kappa shape index (κ3) is 5.21. The first kappa shape index (κ1) is 25.3. The fourth-order valence-electron chi connectivity index (χ4n) is 4.23. The number of carbonyl (C=O) groups is 2. The fourth-order valence-corrected chi connectivity index (χ4v) is 4.23. The molecule has 1 aliphatic rings. The molecule has 194 valence electrons. The van der Waals surface area contributed by atoms with Gasteiger partial charge < -0.3 is 10.6 Å². The van der Waals surface area contributed by atoms with Crippen molar-refractivity contribution in [1.82, 2.24) is 15.0 Å². The van der Waals surface area contributed by atoms with E-state index in [1.54, 1.807) is 60.7 Å². The molecule has 0 unspecified atom stereocenters. The molecule has 0 fully saturated rings. The molecule has 3 amide bonds. The Balaban J connectivity index is 1.38. The Kier molecular flexibility index (Phi) is 6.84. The molecule has 11 heteroatoms. The van der Waals surface area contributed by atoms with Crippen LogP contribution in [0.1, 0.15) is 32.6 Å². The van der Waals surface area contributed by atoms with Gasteiger partial charge in [-0.25, -0.2) is 14.2 Å². The zero-order chi connectivity index (χ0) is 27.5. The van der Waals surface area contributed by atoms with E-state index in [1.807, 2.05) is 19.1 Å². The number of alkyl halides is 1. The molecule has 0 saturated carbocycles. The highest BCUT2D eigenvalue weighted by Gasteiger charge is 2.31. The molecular formula is C28H23FN8O2. The quantitative estimate of drug-likeness (QED) is 0.361. The van der Waals surface area contributed by atoms with Crippen LogP contribution in [-0.4, -0.2) is 33.9 Å². The number of hydrogen-bond acceptors (Lipinski definition) is 7. The Bertz CT molecular complexity index is 1630. The van der Waals surface area contributed by atoms with Crippen LogP contribution in [0.3, 0.4) is 0 Å². The average Bonchev–Trinajstić information content (AvgIpc) is 2.96. The number of anilines is 5. The monoisotopic (exact) mass is 522 g/mol. The minimum Gasteiger partial charge on any atom is -0.323 e. The second kappa shape index (κ2) is 10.5. The summed E-state index contributed by atoms with van der Waals surface area (Å²) in [7, 11) is 1.63. The van der Waals surface area contributed by atoms with E-state index < -0.39 is 6.67 Å². The van der Waals surface area contributed by atoms with Gasteiger partial charge in [0.25, 0.3) is 5.91 Å². The van der Waals surface area contributed by atoms with Gasteiger partial charge >= 0.3 is 6.03 Å². The number of halogens is 1. The lowest BCUT2D eigenvalue weighted by molar-refractivity contribution is 0.102. The van der Waals surface area contributed by atoms with Gasteiger partial charge in [0.05, 0.1) is 29.7 Å². The molecule has 2 aromatic heterocycles. The number of nitriles is 1. The number of aryl methyl sites for hydroxylation is 1. The number of fused-ring (bicyclic) bond motifs is 1. The van der Waals surface area contributed by atoms with Crippen LogP contribution < -0.4 is 20.4 Å². The molecule has 0 saturated heterocycles. The van der Waals surface area contributed by atoms with Crippen molar-refractivity contribution in [3.8, 4) is 6.07 Å². The first-order valence-electron chi connectivity index (χ1n) is 12.0. The summed E-state index contributed by atoms with van der Waals surface area (Å²) < 4.78 is 13.0. The summed E-state index contributed by atoms with van der Waals surface area (Å²) in [6.07, 6.45) is 4.64. The van der Waals surface area contributed by atoms with Crippen molar-refractivity contribution >= 4 is 40.8 Å². The van der Waals surface area contributed by atoms with Crippen LogP contribution in [0.2, 0.25) is 0 Å². The van der Waals surface area contributed by atoms with Crippen LogP contribution in [0, 0.1) is 18.3 Å². The number of rotatable bonds is 6. The van der Waals surface area contributed by atoms with Crippen molar-refractivity contribution in [2.24, 2.45) is 0 Å². The Labute approximate surface area is 223 Å². The molecule has 2 aromatic carbocycles. The van der Waals surface area contributed by atoms with Gasteiger partial charge in [-0.2, -0.15) is 10.2 Å². The lowest BCUT2D eigenvalue weighted by Crippen LogP contribution is -2.46. The zero-order valence-electron chi connectivity index (χ0n) is 21.1. The van der Waals surface area contributed by atoms with Crippen molar-refractivity contribution in [3.63, 3.8) is 0 Å². The Morgan fingerprint density at radius 2 is 1.97 bits per heavy atom. The van der Waals surface area contributed by atoms with E-state index in [2.05, 4.69) is 25.6 Å². The normalized spacial score (nSPS) is 12.5. The topological polar surface area (TPSA) is 127 Å². The number of urea groups is 1. The van der Waals surface area contributed by atoms with Gasteiger partial charge in [0.15, 0.2) is 0 Å². The molecule has 0 aliphatic carbocycles. The number of nitrogens with zero attached hydrogens (tertiary/aromatic N) is 6. The second-order valence-electron chi connectivity index (χ2n) is 8.96. The summed E-state index contributed by atoms with van der Waals surface area (Å²) in [5, 5.41) is 14.9. The molecule has 10 nitrogen and oxygen atoms in total. The Hall–Kier alpha value is -5.37. The molecular weight excluding hydrogens is 499 g/mol. The summed E-state index contributed by atoms with van der Waals surface area (Å²) in [6.45, 7) is 1.44. The van der Waals surface area contributed by atoms with Crippen LogP contribution in [0.25, 0.3) is 0 Å². The van der Waals surface area contributed by atoms with Crippen LogP contribution >= 0.6 is 0 Å². The first-order valence-corrected chi connectivity index (χ1v) is 12.0. The van der Waals surface area contributed by atoms with Gasteiger partial charge in [-0.1, -0.05) is 18.2 Å². The van der Waals surface area contributed by atoms with Crippen LogP contribution in [0.5, 0.6) is 0 Å². The fraction of sp³-hybridized carbons (Fsp3) is 0.143. The maximum Gasteiger partial charge on any atom is 0.330 e. The highest BCUT2D eigenvalue weighted by molar-refractivity contribution is 6.07. The van der Waals surface area contributed by atoms with E-state index in [0.717, 1.165) is 11.1 Å². The summed E-state index contributed by atoms with van der Waals surface area (Å²) in [5.41, 5.74) is 4.37. The number of nitrogens with one attached hydrogen (secondary N) is 2. The van der Waals surface area contributed by atoms with Crippen molar-refractivity contribution in [2.45, 2.75) is 20.1 Å². The van der Waals surface area contributed by atoms with E-state index in [1.165, 1.54) is 17.2 Å². The van der Waals surface area contributed by atoms with Crippen LogP contribution in [0.4, 0.5) is 38.0 Å². The SMILES string of the molecule is Cc1ccc(NC(=O)c2cccc(CF)c2)cc1N1Cc2cnc(Nc3cncc(C#N)c3)nc2N(C)C1=O. The van der Waals surface area contributed by atoms with E-state index in [9.17, 15) is 14.0 Å². The highest BCUT2D eigenvalue weighted by Crippen LogP contribution is 2.33.